The van der Waals surface area contributed by atoms with Gasteiger partial charge in [-0.05, 0) is 40.2 Å². The van der Waals surface area contributed by atoms with Crippen LogP contribution >= 0.6 is 15.9 Å². The lowest BCUT2D eigenvalue weighted by molar-refractivity contribution is 0.415. The van der Waals surface area contributed by atoms with Crippen LogP contribution in [0, 0.1) is 0 Å². The second-order valence-corrected chi connectivity index (χ2v) is 4.01. The second kappa shape index (κ2) is 4.49. The summed E-state index contributed by atoms with van der Waals surface area (Å²) in [6.45, 7) is 0. The third kappa shape index (κ3) is 2.14. The molecule has 4 nitrogen and oxygen atoms in total. The summed E-state index contributed by atoms with van der Waals surface area (Å²) in [5.74, 6) is 0.782. The van der Waals surface area contributed by atoms with E-state index in [4.69, 9.17) is 4.74 Å². The van der Waals surface area contributed by atoms with E-state index in [-0.39, 0.29) is 5.56 Å². The van der Waals surface area contributed by atoms with Crippen LogP contribution in [-0.4, -0.2) is 17.3 Å². The average molecular weight is 281 g/mol. The number of methoxy groups -OCH3 is 1. The molecule has 2 rings (SSSR count). The quantitative estimate of drug-likeness (QED) is 0.918. The van der Waals surface area contributed by atoms with Crippen molar-refractivity contribution in [2.24, 2.45) is 0 Å². The second-order valence-electron chi connectivity index (χ2n) is 3.16. The summed E-state index contributed by atoms with van der Waals surface area (Å²) in [4.78, 5) is 11.0. The summed E-state index contributed by atoms with van der Waals surface area (Å²) >= 11 is 3.31. The molecule has 0 amide bonds. The molecule has 1 heterocycles. The number of benzene rings is 1. The molecular formula is C11H9BrN2O2. The van der Waals surface area contributed by atoms with Gasteiger partial charge >= 0.3 is 0 Å². The van der Waals surface area contributed by atoms with Crippen molar-refractivity contribution in [2.45, 2.75) is 0 Å². The molecule has 2 aromatic rings. The highest BCUT2D eigenvalue weighted by atomic mass is 79.9. The first-order chi connectivity index (χ1) is 7.70. The van der Waals surface area contributed by atoms with Crippen molar-refractivity contribution in [1.82, 2.24) is 10.2 Å². The number of halogens is 1. The fourth-order valence-electron chi connectivity index (χ4n) is 1.33. The van der Waals surface area contributed by atoms with E-state index in [1.54, 1.807) is 7.11 Å². The highest BCUT2D eigenvalue weighted by Gasteiger charge is 2.05. The van der Waals surface area contributed by atoms with E-state index in [2.05, 4.69) is 26.1 Å². The fourth-order valence-corrected chi connectivity index (χ4v) is 1.86. The monoisotopic (exact) mass is 280 g/mol. The van der Waals surface area contributed by atoms with Gasteiger partial charge in [-0.2, -0.15) is 5.10 Å². The molecule has 1 aromatic carbocycles. The first kappa shape index (κ1) is 10.9. The van der Waals surface area contributed by atoms with Gasteiger partial charge in [-0.1, -0.05) is 0 Å². The van der Waals surface area contributed by atoms with E-state index in [9.17, 15) is 4.79 Å². The molecule has 5 heteroatoms. The maximum atomic E-state index is 11.0. The van der Waals surface area contributed by atoms with Crippen molar-refractivity contribution in [3.63, 3.8) is 0 Å². The molecule has 0 aliphatic carbocycles. The minimum Gasteiger partial charge on any atom is -0.497 e. The number of hydrogen-bond donors (Lipinski definition) is 1. The summed E-state index contributed by atoms with van der Waals surface area (Å²) < 4.78 is 5.73. The number of aromatic nitrogens is 2. The van der Waals surface area contributed by atoms with Crippen LogP contribution in [0.1, 0.15) is 0 Å². The molecule has 1 aromatic heterocycles. The fraction of sp³-hybridized carbons (Fsp3) is 0.0909. The Morgan fingerprint density at radius 1 is 1.31 bits per heavy atom. The van der Waals surface area contributed by atoms with Gasteiger partial charge in [-0.15, -0.1) is 0 Å². The first-order valence-corrected chi connectivity index (χ1v) is 5.39. The summed E-state index contributed by atoms with van der Waals surface area (Å²) in [5, 5.41) is 6.38. The number of aromatic amines is 1. The van der Waals surface area contributed by atoms with Crippen LogP contribution < -0.4 is 10.3 Å². The SMILES string of the molecule is COc1ccc(-c2n[nH]c(=O)cc2Br)cc1. The van der Waals surface area contributed by atoms with E-state index < -0.39 is 0 Å². The van der Waals surface area contributed by atoms with E-state index >= 15 is 0 Å². The van der Waals surface area contributed by atoms with Gasteiger partial charge in [0.1, 0.15) is 11.4 Å². The molecule has 0 fully saturated rings. The van der Waals surface area contributed by atoms with Crippen molar-refractivity contribution in [2.75, 3.05) is 7.11 Å². The van der Waals surface area contributed by atoms with Gasteiger partial charge in [0.05, 0.1) is 11.6 Å². The molecule has 0 spiro atoms. The number of nitrogens with one attached hydrogen (secondary N) is 1. The lowest BCUT2D eigenvalue weighted by Gasteiger charge is -2.03. The average Bonchev–Trinajstić information content (AvgIpc) is 2.29. The summed E-state index contributed by atoms with van der Waals surface area (Å²) in [6, 6.07) is 8.89. The molecule has 16 heavy (non-hydrogen) atoms. The Morgan fingerprint density at radius 3 is 2.56 bits per heavy atom. The van der Waals surface area contributed by atoms with Crippen LogP contribution in [0.25, 0.3) is 11.3 Å². The van der Waals surface area contributed by atoms with Gasteiger partial charge < -0.3 is 4.74 Å². The van der Waals surface area contributed by atoms with Crippen LogP contribution in [0.5, 0.6) is 5.75 Å². The molecule has 0 aliphatic heterocycles. The maximum absolute atomic E-state index is 11.0. The molecule has 82 valence electrons. The molecule has 0 aliphatic rings. The summed E-state index contributed by atoms with van der Waals surface area (Å²) in [7, 11) is 1.61. The molecule has 0 unspecified atom stereocenters. The zero-order valence-electron chi connectivity index (χ0n) is 8.53. The topological polar surface area (TPSA) is 55.0 Å². The molecule has 0 saturated carbocycles. The Hall–Kier alpha value is -1.62. The summed E-state index contributed by atoms with van der Waals surface area (Å²) in [5.41, 5.74) is 1.37. The van der Waals surface area contributed by atoms with Gasteiger partial charge in [0.15, 0.2) is 0 Å². The van der Waals surface area contributed by atoms with E-state index in [1.165, 1.54) is 6.07 Å². The van der Waals surface area contributed by atoms with Crippen molar-refractivity contribution < 1.29 is 4.74 Å². The predicted octanol–water partition coefficient (Wildman–Crippen LogP) is 2.21. The van der Waals surface area contributed by atoms with Crippen molar-refractivity contribution in [1.29, 1.82) is 0 Å². The lowest BCUT2D eigenvalue weighted by Crippen LogP contribution is -2.07. The Morgan fingerprint density at radius 2 is 2.00 bits per heavy atom. The minimum atomic E-state index is -0.232. The maximum Gasteiger partial charge on any atom is 0.265 e. The van der Waals surface area contributed by atoms with Crippen LogP contribution in [-0.2, 0) is 0 Å². The Bertz CT molecular complexity index is 549. The third-order valence-electron chi connectivity index (χ3n) is 2.13. The normalized spacial score (nSPS) is 10.1. The Kier molecular flexibility index (Phi) is 3.05. The number of ether oxygens (including phenoxy) is 1. The van der Waals surface area contributed by atoms with Gasteiger partial charge in [0.2, 0.25) is 0 Å². The molecule has 0 bridgehead atoms. The Balaban J connectivity index is 2.46. The zero-order chi connectivity index (χ0) is 11.5. The van der Waals surface area contributed by atoms with Crippen molar-refractivity contribution in [3.8, 4) is 17.0 Å². The van der Waals surface area contributed by atoms with Crippen LogP contribution in [0.15, 0.2) is 39.6 Å². The zero-order valence-corrected chi connectivity index (χ0v) is 10.1. The Labute approximate surface area is 100 Å². The van der Waals surface area contributed by atoms with Crippen LogP contribution in [0.3, 0.4) is 0 Å². The van der Waals surface area contributed by atoms with Crippen molar-refractivity contribution >= 4 is 15.9 Å². The standard InChI is InChI=1S/C11H9BrN2O2/c1-16-8-4-2-7(3-5-8)11-9(12)6-10(15)13-14-11/h2-6H,1H3,(H,13,15). The molecule has 0 radical (unpaired) electrons. The van der Waals surface area contributed by atoms with Gasteiger partial charge in [0, 0.05) is 11.6 Å². The van der Waals surface area contributed by atoms with E-state index in [0.29, 0.717) is 10.2 Å². The molecule has 0 atom stereocenters. The molecular weight excluding hydrogens is 272 g/mol. The number of hydrogen-bond acceptors (Lipinski definition) is 3. The molecule has 0 saturated heterocycles. The lowest BCUT2D eigenvalue weighted by atomic mass is 10.1. The minimum absolute atomic E-state index is 0.232. The highest BCUT2D eigenvalue weighted by molar-refractivity contribution is 9.10. The van der Waals surface area contributed by atoms with Crippen LogP contribution in [0.4, 0.5) is 0 Å². The molecule has 1 N–H and O–H groups in total. The van der Waals surface area contributed by atoms with E-state index in [0.717, 1.165) is 11.3 Å². The van der Waals surface area contributed by atoms with Gasteiger partial charge in [-0.25, -0.2) is 5.10 Å². The van der Waals surface area contributed by atoms with Gasteiger partial charge in [0.25, 0.3) is 5.56 Å². The van der Waals surface area contributed by atoms with Crippen molar-refractivity contribution in [3.05, 3.63) is 45.2 Å². The summed E-state index contributed by atoms with van der Waals surface area (Å²) in [6.07, 6.45) is 0. The third-order valence-corrected chi connectivity index (χ3v) is 2.73. The highest BCUT2D eigenvalue weighted by Crippen LogP contribution is 2.25. The van der Waals surface area contributed by atoms with Crippen LogP contribution in [0.2, 0.25) is 0 Å². The predicted molar refractivity (Wildman–Crippen MR) is 64.5 cm³/mol. The largest absolute Gasteiger partial charge is 0.497 e. The number of rotatable bonds is 2. The smallest absolute Gasteiger partial charge is 0.265 e. The number of H-pyrrole nitrogens is 1. The van der Waals surface area contributed by atoms with E-state index in [1.807, 2.05) is 24.3 Å². The van der Waals surface area contributed by atoms with Gasteiger partial charge in [-0.3, -0.25) is 4.79 Å². The first-order valence-electron chi connectivity index (χ1n) is 4.60. The number of nitrogens with zero attached hydrogens (tertiary/aromatic N) is 1.